The zero-order valence-electron chi connectivity index (χ0n) is 10.1. The normalized spacial score (nSPS) is 13.1. The summed E-state index contributed by atoms with van der Waals surface area (Å²) < 4.78 is 6.95. The molecule has 3 nitrogen and oxygen atoms in total. The van der Waals surface area contributed by atoms with Crippen molar-refractivity contribution in [3.05, 3.63) is 59.4 Å². The summed E-state index contributed by atoms with van der Waals surface area (Å²) in [6, 6.07) is 12.0. The molecule has 1 aromatic carbocycles. The number of esters is 1. The van der Waals surface area contributed by atoms with Crippen molar-refractivity contribution < 1.29 is 9.53 Å². The number of benzene rings is 1. The molecule has 0 N–H and O–H groups in total. The van der Waals surface area contributed by atoms with Crippen LogP contribution in [0.1, 0.15) is 11.3 Å². The summed E-state index contributed by atoms with van der Waals surface area (Å²) >= 11 is 0. The number of methoxy groups -OCH3 is 1. The second-order valence-electron chi connectivity index (χ2n) is 4.27. The molecule has 1 aliphatic heterocycles. The molecule has 18 heavy (non-hydrogen) atoms. The van der Waals surface area contributed by atoms with Gasteiger partial charge in [0.25, 0.3) is 0 Å². The van der Waals surface area contributed by atoms with Gasteiger partial charge in [-0.1, -0.05) is 18.2 Å². The fourth-order valence-corrected chi connectivity index (χ4v) is 2.32. The number of carbonyl (C=O) groups is 1. The largest absolute Gasteiger partial charge is 0.466 e. The first-order valence-corrected chi connectivity index (χ1v) is 5.84. The van der Waals surface area contributed by atoms with E-state index in [1.807, 2.05) is 42.6 Å². The van der Waals surface area contributed by atoms with Crippen LogP contribution < -0.4 is 0 Å². The minimum Gasteiger partial charge on any atom is -0.466 e. The molecular formula is C15H13NO2. The number of aromatic nitrogens is 1. The first-order valence-electron chi connectivity index (χ1n) is 5.84. The Morgan fingerprint density at radius 2 is 2.06 bits per heavy atom. The van der Waals surface area contributed by atoms with Gasteiger partial charge in [0.1, 0.15) is 0 Å². The summed E-state index contributed by atoms with van der Waals surface area (Å²) in [6.45, 7) is 0. The molecule has 1 aromatic heterocycles. The Morgan fingerprint density at radius 3 is 2.89 bits per heavy atom. The van der Waals surface area contributed by atoms with Gasteiger partial charge < -0.3 is 9.30 Å². The van der Waals surface area contributed by atoms with Crippen molar-refractivity contribution in [2.45, 2.75) is 6.42 Å². The standard InChI is InChI=1S/C15H13NO2/c1-18-15(17)12-9-11-5-2-3-7-14(11)16-8-4-6-13(16)10-12/h2-9H,10H2,1H3. The van der Waals surface area contributed by atoms with Crippen LogP contribution in [-0.4, -0.2) is 17.6 Å². The van der Waals surface area contributed by atoms with E-state index >= 15 is 0 Å². The van der Waals surface area contributed by atoms with E-state index in [0.29, 0.717) is 12.0 Å². The van der Waals surface area contributed by atoms with E-state index in [1.54, 1.807) is 0 Å². The van der Waals surface area contributed by atoms with Crippen molar-refractivity contribution in [3.8, 4) is 5.69 Å². The summed E-state index contributed by atoms with van der Waals surface area (Å²) in [4.78, 5) is 11.8. The molecule has 2 aromatic rings. The minimum atomic E-state index is -0.264. The van der Waals surface area contributed by atoms with E-state index in [4.69, 9.17) is 4.74 Å². The molecular weight excluding hydrogens is 226 g/mol. The molecule has 0 amide bonds. The SMILES string of the molecule is COC(=O)C1=Cc2ccccc2-n2cccc2C1. The van der Waals surface area contributed by atoms with Crippen LogP contribution >= 0.6 is 0 Å². The number of nitrogens with zero attached hydrogens (tertiary/aromatic N) is 1. The van der Waals surface area contributed by atoms with E-state index in [-0.39, 0.29) is 5.97 Å². The van der Waals surface area contributed by atoms with Gasteiger partial charge in [0.2, 0.25) is 0 Å². The number of fused-ring (bicyclic) bond motifs is 3. The van der Waals surface area contributed by atoms with Gasteiger partial charge in [0.15, 0.2) is 0 Å². The number of hydrogen-bond acceptors (Lipinski definition) is 2. The molecule has 3 heteroatoms. The fraction of sp³-hybridized carbons (Fsp3) is 0.133. The molecule has 0 radical (unpaired) electrons. The predicted molar refractivity (Wildman–Crippen MR) is 69.5 cm³/mol. The van der Waals surface area contributed by atoms with Crippen LogP contribution in [0.3, 0.4) is 0 Å². The number of para-hydroxylation sites is 1. The lowest BCUT2D eigenvalue weighted by atomic mass is 10.1. The van der Waals surface area contributed by atoms with E-state index in [1.165, 1.54) is 7.11 Å². The molecule has 0 saturated carbocycles. The molecule has 0 fully saturated rings. The Hall–Kier alpha value is -2.29. The lowest BCUT2D eigenvalue weighted by molar-refractivity contribution is -0.136. The van der Waals surface area contributed by atoms with Crippen molar-refractivity contribution in [1.82, 2.24) is 4.57 Å². The highest BCUT2D eigenvalue weighted by atomic mass is 16.5. The summed E-state index contributed by atoms with van der Waals surface area (Å²) in [7, 11) is 1.42. The molecule has 0 aliphatic carbocycles. The summed E-state index contributed by atoms with van der Waals surface area (Å²) in [5, 5.41) is 0. The Kier molecular flexibility index (Phi) is 2.52. The highest BCUT2D eigenvalue weighted by Crippen LogP contribution is 2.26. The maximum atomic E-state index is 11.8. The molecule has 0 bridgehead atoms. The Balaban J connectivity index is 2.22. The average Bonchev–Trinajstić information content (AvgIpc) is 2.80. The molecule has 0 saturated heterocycles. The third-order valence-corrected chi connectivity index (χ3v) is 3.18. The van der Waals surface area contributed by atoms with Crippen LogP contribution in [0.15, 0.2) is 48.2 Å². The predicted octanol–water partition coefficient (Wildman–Crippen LogP) is 2.59. The summed E-state index contributed by atoms with van der Waals surface area (Å²) in [5.74, 6) is -0.264. The molecule has 1 aliphatic rings. The Labute approximate surface area is 105 Å². The van der Waals surface area contributed by atoms with E-state index in [2.05, 4.69) is 10.6 Å². The second kappa shape index (κ2) is 4.18. The molecule has 2 heterocycles. The number of rotatable bonds is 1. The first kappa shape index (κ1) is 10.8. The molecule has 90 valence electrons. The van der Waals surface area contributed by atoms with Gasteiger partial charge in [0.05, 0.1) is 12.8 Å². The summed E-state index contributed by atoms with van der Waals surface area (Å²) in [6.07, 6.45) is 4.52. The molecule has 3 rings (SSSR count). The van der Waals surface area contributed by atoms with Gasteiger partial charge in [-0.2, -0.15) is 0 Å². The van der Waals surface area contributed by atoms with E-state index in [9.17, 15) is 4.79 Å². The van der Waals surface area contributed by atoms with Crippen LogP contribution in [0, 0.1) is 0 Å². The van der Waals surface area contributed by atoms with Crippen LogP contribution in [0.4, 0.5) is 0 Å². The lowest BCUT2D eigenvalue weighted by Crippen LogP contribution is -2.07. The lowest BCUT2D eigenvalue weighted by Gasteiger charge is -2.08. The third kappa shape index (κ3) is 1.64. The molecule has 0 atom stereocenters. The van der Waals surface area contributed by atoms with Crippen molar-refractivity contribution in [3.63, 3.8) is 0 Å². The van der Waals surface area contributed by atoms with Crippen LogP contribution in [0.2, 0.25) is 0 Å². The topological polar surface area (TPSA) is 31.2 Å². The summed E-state index contributed by atoms with van der Waals surface area (Å²) in [5.41, 5.74) is 3.91. The van der Waals surface area contributed by atoms with Crippen molar-refractivity contribution >= 4 is 12.0 Å². The van der Waals surface area contributed by atoms with Gasteiger partial charge in [-0.15, -0.1) is 0 Å². The van der Waals surface area contributed by atoms with Crippen molar-refractivity contribution in [2.24, 2.45) is 0 Å². The fourth-order valence-electron chi connectivity index (χ4n) is 2.32. The van der Waals surface area contributed by atoms with E-state index < -0.39 is 0 Å². The Bertz CT molecular complexity index is 637. The van der Waals surface area contributed by atoms with E-state index in [0.717, 1.165) is 16.9 Å². The monoisotopic (exact) mass is 239 g/mol. The zero-order valence-corrected chi connectivity index (χ0v) is 10.1. The number of ether oxygens (including phenoxy) is 1. The van der Waals surface area contributed by atoms with Crippen LogP contribution in [0.5, 0.6) is 0 Å². The third-order valence-electron chi connectivity index (χ3n) is 3.18. The van der Waals surface area contributed by atoms with Crippen LogP contribution in [-0.2, 0) is 16.0 Å². The molecule has 0 spiro atoms. The quantitative estimate of drug-likeness (QED) is 0.716. The smallest absolute Gasteiger partial charge is 0.334 e. The van der Waals surface area contributed by atoms with Gasteiger partial charge in [0, 0.05) is 23.9 Å². The molecule has 0 unspecified atom stereocenters. The highest BCUT2D eigenvalue weighted by molar-refractivity contribution is 5.95. The highest BCUT2D eigenvalue weighted by Gasteiger charge is 2.18. The van der Waals surface area contributed by atoms with Crippen molar-refractivity contribution in [2.75, 3.05) is 7.11 Å². The second-order valence-corrected chi connectivity index (χ2v) is 4.27. The van der Waals surface area contributed by atoms with Gasteiger partial charge in [-0.05, 0) is 29.8 Å². The van der Waals surface area contributed by atoms with Gasteiger partial charge >= 0.3 is 5.97 Å². The maximum absolute atomic E-state index is 11.8. The number of hydrogen-bond donors (Lipinski definition) is 0. The van der Waals surface area contributed by atoms with Crippen LogP contribution in [0.25, 0.3) is 11.8 Å². The zero-order chi connectivity index (χ0) is 12.5. The maximum Gasteiger partial charge on any atom is 0.334 e. The average molecular weight is 239 g/mol. The number of carbonyl (C=O) groups excluding carboxylic acids is 1. The Morgan fingerprint density at radius 1 is 1.22 bits per heavy atom. The first-order chi connectivity index (χ1) is 8.79. The van der Waals surface area contributed by atoms with Gasteiger partial charge in [-0.3, -0.25) is 0 Å². The van der Waals surface area contributed by atoms with Gasteiger partial charge in [-0.25, -0.2) is 4.79 Å². The minimum absolute atomic E-state index is 0.264. The van der Waals surface area contributed by atoms with Crippen molar-refractivity contribution in [1.29, 1.82) is 0 Å².